The molecular weight excluding hydrogens is 374 g/mol. The van der Waals surface area contributed by atoms with Gasteiger partial charge in [0.1, 0.15) is 5.69 Å². The molecule has 2 N–H and O–H groups in total. The molecule has 0 bridgehead atoms. The predicted octanol–water partition coefficient (Wildman–Crippen LogP) is 3.14. The number of rotatable bonds is 5. The van der Waals surface area contributed by atoms with E-state index in [1.807, 2.05) is 64.3 Å². The number of fused-ring (bicyclic) bond motifs is 1. The molecule has 2 aromatic heterocycles. The van der Waals surface area contributed by atoms with Gasteiger partial charge in [0.15, 0.2) is 0 Å². The van der Waals surface area contributed by atoms with E-state index >= 15 is 0 Å². The second-order valence-corrected chi connectivity index (χ2v) is 8.31. The third-order valence-electron chi connectivity index (χ3n) is 6.63. The number of likely N-dealkylation sites (tertiary alicyclic amines) is 1. The molecule has 1 amide bonds. The summed E-state index contributed by atoms with van der Waals surface area (Å²) < 4.78 is 1.84. The molecular formula is C24H25N5O. The van der Waals surface area contributed by atoms with E-state index in [4.69, 9.17) is 10.8 Å². The van der Waals surface area contributed by atoms with Gasteiger partial charge in [0, 0.05) is 54.3 Å². The van der Waals surface area contributed by atoms with Gasteiger partial charge in [0.2, 0.25) is 5.91 Å². The first-order valence-electron chi connectivity index (χ1n) is 10.4. The van der Waals surface area contributed by atoms with Gasteiger partial charge in [0.25, 0.3) is 0 Å². The minimum atomic E-state index is 0.0434. The van der Waals surface area contributed by atoms with Crippen molar-refractivity contribution in [2.75, 3.05) is 19.6 Å². The number of hydrogen-bond acceptors (Lipinski definition) is 4. The molecule has 2 atom stereocenters. The molecule has 2 fully saturated rings. The highest BCUT2D eigenvalue weighted by atomic mass is 16.2. The lowest BCUT2D eigenvalue weighted by atomic mass is 9.62. The molecule has 0 radical (unpaired) electrons. The number of pyridine rings is 1. The van der Waals surface area contributed by atoms with Crippen molar-refractivity contribution >= 4 is 12.0 Å². The molecule has 1 aromatic carbocycles. The van der Waals surface area contributed by atoms with Crippen molar-refractivity contribution in [3.8, 4) is 16.9 Å². The molecule has 3 heterocycles. The zero-order valence-electron chi connectivity index (χ0n) is 16.8. The van der Waals surface area contributed by atoms with Gasteiger partial charge in [-0.25, -0.2) is 4.68 Å². The molecule has 1 aliphatic heterocycles. The first-order chi connectivity index (χ1) is 14.7. The summed E-state index contributed by atoms with van der Waals surface area (Å²) in [5.74, 6) is 0.605. The van der Waals surface area contributed by atoms with Crippen molar-refractivity contribution in [3.63, 3.8) is 0 Å². The van der Waals surface area contributed by atoms with Crippen molar-refractivity contribution in [2.45, 2.75) is 12.8 Å². The summed E-state index contributed by atoms with van der Waals surface area (Å²) >= 11 is 0. The van der Waals surface area contributed by atoms with Gasteiger partial charge in [-0.15, -0.1) is 0 Å². The third-order valence-corrected chi connectivity index (χ3v) is 6.63. The van der Waals surface area contributed by atoms with Crippen LogP contribution in [0.5, 0.6) is 0 Å². The van der Waals surface area contributed by atoms with Crippen LogP contribution in [0.15, 0.2) is 67.1 Å². The van der Waals surface area contributed by atoms with Crippen LogP contribution < -0.4 is 5.73 Å². The van der Waals surface area contributed by atoms with Gasteiger partial charge in [0.05, 0.1) is 5.69 Å². The summed E-state index contributed by atoms with van der Waals surface area (Å²) in [5.41, 5.74) is 9.73. The lowest BCUT2D eigenvalue weighted by Crippen LogP contribution is -2.45. The van der Waals surface area contributed by atoms with Crippen LogP contribution in [0.4, 0.5) is 0 Å². The zero-order valence-corrected chi connectivity index (χ0v) is 16.8. The Bertz CT molecular complexity index is 1070. The molecule has 30 heavy (non-hydrogen) atoms. The molecule has 6 heteroatoms. The Kier molecular flexibility index (Phi) is 4.71. The van der Waals surface area contributed by atoms with Crippen molar-refractivity contribution in [1.82, 2.24) is 19.7 Å². The van der Waals surface area contributed by atoms with Crippen LogP contribution in [0.1, 0.15) is 18.4 Å². The largest absolute Gasteiger partial charge is 0.338 e. The van der Waals surface area contributed by atoms with Gasteiger partial charge in [-0.2, -0.15) is 5.10 Å². The molecule has 3 aromatic rings. The number of amides is 1. The van der Waals surface area contributed by atoms with E-state index in [1.54, 1.807) is 18.5 Å². The summed E-state index contributed by atoms with van der Waals surface area (Å²) in [6.45, 7) is 2.26. The fraction of sp³-hybridized carbons (Fsp3) is 0.292. The Hall–Kier alpha value is -3.25. The van der Waals surface area contributed by atoms with Crippen LogP contribution in [0, 0.1) is 11.3 Å². The van der Waals surface area contributed by atoms with Crippen LogP contribution in [0.2, 0.25) is 0 Å². The molecule has 1 saturated carbocycles. The van der Waals surface area contributed by atoms with Crippen LogP contribution in [-0.2, 0) is 4.79 Å². The molecule has 0 spiro atoms. The number of benzene rings is 1. The Labute approximate surface area is 176 Å². The summed E-state index contributed by atoms with van der Waals surface area (Å²) in [5, 5.41) is 4.77. The number of carbonyl (C=O) groups is 1. The van der Waals surface area contributed by atoms with Gasteiger partial charge in [-0.05, 0) is 55.6 Å². The van der Waals surface area contributed by atoms with Crippen molar-refractivity contribution in [1.29, 1.82) is 0 Å². The van der Waals surface area contributed by atoms with E-state index in [0.717, 1.165) is 42.0 Å². The first kappa shape index (κ1) is 18.8. The fourth-order valence-corrected chi connectivity index (χ4v) is 4.68. The summed E-state index contributed by atoms with van der Waals surface area (Å²) in [4.78, 5) is 19.1. The monoisotopic (exact) mass is 399 g/mol. The molecule has 5 rings (SSSR count). The van der Waals surface area contributed by atoms with Crippen molar-refractivity contribution < 1.29 is 4.79 Å². The molecule has 6 nitrogen and oxygen atoms in total. The standard InChI is InChI=1S/C24H25N5O/c25-16-24-11-10-20(24)15-28(17-24)22(30)9-8-19-14-29(21-6-2-1-3-7-21)27-23(19)18-5-4-12-26-13-18/h1-9,12-14,20H,10-11,15-17,25H2/b9-8+/t20-,24-/m0/s1. The maximum Gasteiger partial charge on any atom is 0.246 e. The maximum atomic E-state index is 12.9. The first-order valence-corrected chi connectivity index (χ1v) is 10.4. The highest BCUT2D eigenvalue weighted by Crippen LogP contribution is 2.51. The number of aromatic nitrogens is 3. The normalized spacial score (nSPS) is 22.8. The minimum absolute atomic E-state index is 0.0434. The Morgan fingerprint density at radius 2 is 2.10 bits per heavy atom. The highest BCUT2D eigenvalue weighted by molar-refractivity contribution is 5.93. The molecule has 1 saturated heterocycles. The fourth-order valence-electron chi connectivity index (χ4n) is 4.68. The van der Waals surface area contributed by atoms with Gasteiger partial charge >= 0.3 is 0 Å². The van der Waals surface area contributed by atoms with Gasteiger partial charge < -0.3 is 10.6 Å². The quantitative estimate of drug-likeness (QED) is 0.669. The van der Waals surface area contributed by atoms with E-state index in [0.29, 0.717) is 12.5 Å². The SMILES string of the molecule is NC[C@]12CC[C@H]1CN(C(=O)/C=C/c1cn(-c3ccccc3)nc1-c1cccnc1)C2. The average molecular weight is 399 g/mol. The second-order valence-electron chi connectivity index (χ2n) is 8.31. The topological polar surface area (TPSA) is 77.0 Å². The second kappa shape index (κ2) is 7.54. The molecule has 1 aliphatic carbocycles. The summed E-state index contributed by atoms with van der Waals surface area (Å²) in [6, 6.07) is 13.8. The van der Waals surface area contributed by atoms with Gasteiger partial charge in [-0.3, -0.25) is 9.78 Å². The van der Waals surface area contributed by atoms with Crippen LogP contribution in [-0.4, -0.2) is 45.2 Å². The number of nitrogens with zero attached hydrogens (tertiary/aromatic N) is 4. The minimum Gasteiger partial charge on any atom is -0.338 e. The van der Waals surface area contributed by atoms with Crippen molar-refractivity contribution in [2.24, 2.45) is 17.1 Å². The van der Waals surface area contributed by atoms with Crippen LogP contribution in [0.3, 0.4) is 0 Å². The Balaban J connectivity index is 1.43. The lowest BCUT2D eigenvalue weighted by Gasteiger charge is -2.42. The number of nitrogens with two attached hydrogens (primary N) is 1. The van der Waals surface area contributed by atoms with E-state index < -0.39 is 0 Å². The molecule has 152 valence electrons. The smallest absolute Gasteiger partial charge is 0.246 e. The molecule has 2 aliphatic rings. The summed E-state index contributed by atoms with van der Waals surface area (Å²) in [7, 11) is 0. The van der Waals surface area contributed by atoms with E-state index in [-0.39, 0.29) is 11.3 Å². The van der Waals surface area contributed by atoms with E-state index in [2.05, 4.69) is 4.98 Å². The molecule has 0 unspecified atom stereocenters. The van der Waals surface area contributed by atoms with Crippen LogP contribution >= 0.6 is 0 Å². The maximum absolute atomic E-state index is 12.9. The van der Waals surface area contributed by atoms with E-state index in [1.165, 1.54) is 6.42 Å². The number of hydrogen-bond donors (Lipinski definition) is 1. The number of carbonyl (C=O) groups excluding carboxylic acids is 1. The Morgan fingerprint density at radius 1 is 1.23 bits per heavy atom. The predicted molar refractivity (Wildman–Crippen MR) is 117 cm³/mol. The van der Waals surface area contributed by atoms with Crippen molar-refractivity contribution in [3.05, 3.63) is 72.7 Å². The van der Waals surface area contributed by atoms with Gasteiger partial charge in [-0.1, -0.05) is 18.2 Å². The third kappa shape index (κ3) is 3.23. The lowest BCUT2D eigenvalue weighted by molar-refractivity contribution is -0.125. The highest BCUT2D eigenvalue weighted by Gasteiger charge is 2.52. The summed E-state index contributed by atoms with van der Waals surface area (Å²) in [6.07, 6.45) is 11.3. The number of para-hydroxylation sites is 1. The van der Waals surface area contributed by atoms with E-state index in [9.17, 15) is 4.79 Å². The zero-order chi connectivity index (χ0) is 20.6. The van der Waals surface area contributed by atoms with Crippen LogP contribution in [0.25, 0.3) is 23.0 Å². The Morgan fingerprint density at radius 3 is 2.77 bits per heavy atom. The average Bonchev–Trinajstić information content (AvgIpc) is 3.33.